The Morgan fingerprint density at radius 1 is 1.04 bits per heavy atom. The molecule has 120 valence electrons. The molecular weight excluding hydrogens is 360 g/mol. The Morgan fingerprint density at radius 3 is 2.43 bits per heavy atom. The number of carbonyl (C=O) groups excluding carboxylic acids is 2. The van der Waals surface area contributed by atoms with Crippen LogP contribution in [0, 0.1) is 13.8 Å². The summed E-state index contributed by atoms with van der Waals surface area (Å²) in [7, 11) is 1.52. The number of halogens is 1. The van der Waals surface area contributed by atoms with E-state index in [-0.39, 0.29) is 12.4 Å². The lowest BCUT2D eigenvalue weighted by Gasteiger charge is -2.09. The van der Waals surface area contributed by atoms with Gasteiger partial charge in [-0.3, -0.25) is 4.79 Å². The Labute approximate surface area is 143 Å². The van der Waals surface area contributed by atoms with E-state index in [9.17, 15) is 9.59 Å². The second kappa shape index (κ2) is 7.42. The number of rotatable bonds is 5. The van der Waals surface area contributed by atoms with Crippen LogP contribution >= 0.6 is 15.9 Å². The summed E-state index contributed by atoms with van der Waals surface area (Å²) in [5, 5.41) is 0. The van der Waals surface area contributed by atoms with Crippen molar-refractivity contribution < 1.29 is 19.1 Å². The van der Waals surface area contributed by atoms with Crippen LogP contribution in [0.2, 0.25) is 0 Å². The first-order valence-corrected chi connectivity index (χ1v) is 7.83. The summed E-state index contributed by atoms with van der Waals surface area (Å²) in [6.07, 6.45) is 0. The van der Waals surface area contributed by atoms with Crippen LogP contribution < -0.4 is 4.74 Å². The Balaban J connectivity index is 2.08. The van der Waals surface area contributed by atoms with Gasteiger partial charge in [-0.2, -0.15) is 0 Å². The predicted octanol–water partition coefficient (Wildman–Crippen LogP) is 4.11. The number of Topliss-reactive ketones (excluding diaryl/α,β-unsaturated/α-hetero) is 1. The smallest absolute Gasteiger partial charge is 0.339 e. The Kier molecular flexibility index (Phi) is 5.55. The van der Waals surface area contributed by atoms with Crippen LogP contribution in [0.15, 0.2) is 40.9 Å². The van der Waals surface area contributed by atoms with E-state index in [1.165, 1.54) is 7.11 Å². The van der Waals surface area contributed by atoms with E-state index >= 15 is 0 Å². The third kappa shape index (κ3) is 4.20. The second-order valence-electron chi connectivity index (χ2n) is 5.16. The standard InChI is InChI=1S/C18H17BrO4/c1-11-4-6-14(12(2)8-11)17(20)10-23-18(21)15-9-13(22-3)5-7-16(15)19/h4-9H,10H2,1-3H3. The number of carbonyl (C=O) groups is 2. The Hall–Kier alpha value is -2.14. The van der Waals surface area contributed by atoms with Gasteiger partial charge in [0.15, 0.2) is 6.61 Å². The molecule has 0 spiro atoms. The van der Waals surface area contributed by atoms with Gasteiger partial charge in [-0.15, -0.1) is 0 Å². The second-order valence-corrected chi connectivity index (χ2v) is 6.02. The van der Waals surface area contributed by atoms with E-state index < -0.39 is 5.97 Å². The lowest BCUT2D eigenvalue weighted by atomic mass is 10.0. The first-order chi connectivity index (χ1) is 10.9. The minimum Gasteiger partial charge on any atom is -0.497 e. The summed E-state index contributed by atoms with van der Waals surface area (Å²) in [4.78, 5) is 24.4. The molecule has 0 fully saturated rings. The fraction of sp³-hybridized carbons (Fsp3) is 0.222. The first-order valence-electron chi connectivity index (χ1n) is 7.03. The quantitative estimate of drug-likeness (QED) is 0.581. The van der Waals surface area contributed by atoms with Gasteiger partial charge in [0.2, 0.25) is 5.78 Å². The lowest BCUT2D eigenvalue weighted by Crippen LogP contribution is -2.15. The van der Waals surface area contributed by atoms with E-state index in [2.05, 4.69) is 15.9 Å². The van der Waals surface area contributed by atoms with Gasteiger partial charge in [-0.1, -0.05) is 23.8 Å². The summed E-state index contributed by atoms with van der Waals surface area (Å²) in [6.45, 7) is 3.52. The van der Waals surface area contributed by atoms with Crippen LogP contribution in [0.5, 0.6) is 5.75 Å². The van der Waals surface area contributed by atoms with Crippen LogP contribution in [0.4, 0.5) is 0 Å². The van der Waals surface area contributed by atoms with Crippen LogP contribution in [0.1, 0.15) is 31.8 Å². The highest BCUT2D eigenvalue weighted by molar-refractivity contribution is 9.10. The zero-order valence-corrected chi connectivity index (χ0v) is 14.8. The maximum atomic E-state index is 12.2. The molecule has 0 saturated carbocycles. The van der Waals surface area contributed by atoms with Crippen molar-refractivity contribution in [1.29, 1.82) is 0 Å². The monoisotopic (exact) mass is 376 g/mol. The fourth-order valence-electron chi connectivity index (χ4n) is 2.20. The van der Waals surface area contributed by atoms with Gasteiger partial charge in [-0.05, 0) is 53.5 Å². The molecule has 2 rings (SSSR count). The average Bonchev–Trinajstić information content (AvgIpc) is 2.52. The number of methoxy groups -OCH3 is 1. The highest BCUT2D eigenvalue weighted by atomic mass is 79.9. The van der Waals surface area contributed by atoms with Gasteiger partial charge in [0.25, 0.3) is 0 Å². The highest BCUT2D eigenvalue weighted by Crippen LogP contribution is 2.23. The summed E-state index contributed by atoms with van der Waals surface area (Å²) in [5.41, 5.74) is 2.83. The zero-order valence-electron chi connectivity index (χ0n) is 13.2. The lowest BCUT2D eigenvalue weighted by molar-refractivity contribution is 0.0473. The van der Waals surface area contributed by atoms with E-state index in [0.29, 0.717) is 21.3 Å². The third-order valence-electron chi connectivity index (χ3n) is 3.41. The topological polar surface area (TPSA) is 52.6 Å². The number of aryl methyl sites for hydroxylation is 2. The average molecular weight is 377 g/mol. The van der Waals surface area contributed by atoms with E-state index in [0.717, 1.165) is 11.1 Å². The van der Waals surface area contributed by atoms with Gasteiger partial charge < -0.3 is 9.47 Å². The maximum Gasteiger partial charge on any atom is 0.339 e. The van der Waals surface area contributed by atoms with Crippen LogP contribution in [-0.2, 0) is 4.74 Å². The van der Waals surface area contributed by atoms with Gasteiger partial charge in [0.1, 0.15) is 5.75 Å². The molecule has 2 aromatic carbocycles. The molecule has 0 aliphatic rings. The van der Waals surface area contributed by atoms with Crippen molar-refractivity contribution in [3.8, 4) is 5.75 Å². The number of ether oxygens (including phenoxy) is 2. The highest BCUT2D eigenvalue weighted by Gasteiger charge is 2.16. The summed E-state index contributed by atoms with van der Waals surface area (Å²) in [5.74, 6) is -0.260. The van der Waals surface area contributed by atoms with Crippen molar-refractivity contribution in [2.45, 2.75) is 13.8 Å². The largest absolute Gasteiger partial charge is 0.497 e. The minimum absolute atomic E-state index is 0.227. The number of benzene rings is 2. The molecule has 0 bridgehead atoms. The molecule has 0 aromatic heterocycles. The first kappa shape index (κ1) is 17.2. The molecule has 0 unspecified atom stereocenters. The summed E-state index contributed by atoms with van der Waals surface area (Å²) >= 11 is 3.29. The van der Waals surface area contributed by atoms with Crippen LogP contribution in [0.25, 0.3) is 0 Å². The number of esters is 1. The summed E-state index contributed by atoms with van der Waals surface area (Å²) in [6, 6.07) is 10.5. The molecule has 0 atom stereocenters. The molecular formula is C18H17BrO4. The van der Waals surface area contributed by atoms with Crippen molar-refractivity contribution in [3.05, 3.63) is 63.1 Å². The molecule has 0 heterocycles. The van der Waals surface area contributed by atoms with Gasteiger partial charge in [0.05, 0.1) is 12.7 Å². The number of ketones is 1. The van der Waals surface area contributed by atoms with Gasteiger partial charge in [0, 0.05) is 10.0 Å². The molecule has 4 nitrogen and oxygen atoms in total. The van der Waals surface area contributed by atoms with Crippen molar-refractivity contribution in [2.75, 3.05) is 13.7 Å². The SMILES string of the molecule is COc1ccc(Br)c(C(=O)OCC(=O)c2ccc(C)cc2C)c1. The van der Waals surface area contributed by atoms with Crippen LogP contribution in [0.3, 0.4) is 0 Å². The predicted molar refractivity (Wildman–Crippen MR) is 91.2 cm³/mol. The molecule has 23 heavy (non-hydrogen) atoms. The fourth-order valence-corrected chi connectivity index (χ4v) is 2.61. The van der Waals surface area contributed by atoms with Gasteiger partial charge >= 0.3 is 5.97 Å². The van der Waals surface area contributed by atoms with Crippen molar-refractivity contribution in [2.24, 2.45) is 0 Å². The molecule has 5 heteroatoms. The number of hydrogen-bond acceptors (Lipinski definition) is 4. The third-order valence-corrected chi connectivity index (χ3v) is 4.10. The number of hydrogen-bond donors (Lipinski definition) is 0. The minimum atomic E-state index is -0.575. The van der Waals surface area contributed by atoms with E-state index in [1.54, 1.807) is 24.3 Å². The Bertz CT molecular complexity index is 753. The molecule has 0 aliphatic heterocycles. The van der Waals surface area contributed by atoms with Crippen LogP contribution in [-0.4, -0.2) is 25.5 Å². The molecule has 2 aromatic rings. The Morgan fingerprint density at radius 2 is 1.78 bits per heavy atom. The van der Waals surface area contributed by atoms with E-state index in [1.807, 2.05) is 26.0 Å². The molecule has 0 radical (unpaired) electrons. The van der Waals surface area contributed by atoms with E-state index in [4.69, 9.17) is 9.47 Å². The molecule has 0 aliphatic carbocycles. The maximum absolute atomic E-state index is 12.2. The van der Waals surface area contributed by atoms with Crippen molar-refractivity contribution in [3.63, 3.8) is 0 Å². The molecule has 0 saturated heterocycles. The molecule has 0 amide bonds. The van der Waals surface area contributed by atoms with Crippen molar-refractivity contribution in [1.82, 2.24) is 0 Å². The van der Waals surface area contributed by atoms with Crippen molar-refractivity contribution >= 4 is 27.7 Å². The van der Waals surface area contributed by atoms with Gasteiger partial charge in [-0.25, -0.2) is 4.79 Å². The summed E-state index contributed by atoms with van der Waals surface area (Å²) < 4.78 is 10.8. The normalized spacial score (nSPS) is 10.3. The zero-order chi connectivity index (χ0) is 17.0. The molecule has 0 N–H and O–H groups in total.